The molecule has 2 aromatic rings. The van der Waals surface area contributed by atoms with Crippen LogP contribution in [0.25, 0.3) is 11.3 Å². The van der Waals surface area contributed by atoms with Crippen molar-refractivity contribution >= 4 is 0 Å². The second-order valence-electron chi connectivity index (χ2n) is 5.90. The van der Waals surface area contributed by atoms with Crippen LogP contribution in [0.15, 0.2) is 34.9 Å². The molecular formula is C17H23N3O. The number of nitrogens with two attached hydrogens (primary N) is 1. The number of aryl methyl sites for hydroxylation is 1. The highest BCUT2D eigenvalue weighted by atomic mass is 16.5. The number of nitrogens with zero attached hydrogens (tertiary/aromatic N) is 2. The van der Waals surface area contributed by atoms with Crippen molar-refractivity contribution in [1.29, 1.82) is 0 Å². The van der Waals surface area contributed by atoms with Crippen LogP contribution in [0.3, 0.4) is 0 Å². The Morgan fingerprint density at radius 3 is 2.86 bits per heavy atom. The third-order valence-corrected chi connectivity index (χ3v) is 4.29. The van der Waals surface area contributed by atoms with Gasteiger partial charge in [-0.25, -0.2) is 0 Å². The average Bonchev–Trinajstić information content (AvgIpc) is 2.97. The summed E-state index contributed by atoms with van der Waals surface area (Å²) in [4.78, 5) is 2.42. The summed E-state index contributed by atoms with van der Waals surface area (Å²) in [6.07, 6.45) is 3.72. The molecule has 1 aliphatic heterocycles. The predicted octanol–water partition coefficient (Wildman–Crippen LogP) is 2.96. The second kappa shape index (κ2) is 6.41. The molecule has 21 heavy (non-hydrogen) atoms. The Balaban J connectivity index is 1.71. The van der Waals surface area contributed by atoms with E-state index in [-0.39, 0.29) is 0 Å². The Bertz CT molecular complexity index is 576. The van der Waals surface area contributed by atoms with Gasteiger partial charge in [0.1, 0.15) is 5.69 Å². The lowest BCUT2D eigenvalue weighted by Gasteiger charge is -2.34. The van der Waals surface area contributed by atoms with E-state index in [2.05, 4.69) is 41.2 Å². The normalized spacial score (nSPS) is 19.8. The molecule has 0 bridgehead atoms. The summed E-state index contributed by atoms with van der Waals surface area (Å²) in [5.74, 6) is 0.922. The minimum atomic E-state index is 0.478. The summed E-state index contributed by atoms with van der Waals surface area (Å²) >= 11 is 0. The van der Waals surface area contributed by atoms with Crippen molar-refractivity contribution in [3.05, 3.63) is 41.7 Å². The first-order chi connectivity index (χ1) is 10.3. The molecule has 1 aromatic carbocycles. The standard InChI is InChI=1S/C17H23N3O/c1-13-5-7-14(8-6-13)17-10-16(21-19-17)12-20-9-3-2-4-15(20)11-18/h5-8,10,15H,2-4,9,11-12,18H2,1H3. The number of aromatic nitrogens is 1. The molecule has 4 heteroatoms. The highest BCUT2D eigenvalue weighted by molar-refractivity contribution is 5.59. The summed E-state index contributed by atoms with van der Waals surface area (Å²) in [6, 6.07) is 10.9. The third kappa shape index (κ3) is 3.34. The van der Waals surface area contributed by atoms with Gasteiger partial charge in [0, 0.05) is 24.2 Å². The van der Waals surface area contributed by atoms with E-state index in [0.717, 1.165) is 36.7 Å². The largest absolute Gasteiger partial charge is 0.359 e. The van der Waals surface area contributed by atoms with E-state index in [1.165, 1.54) is 24.8 Å². The minimum Gasteiger partial charge on any atom is -0.359 e. The van der Waals surface area contributed by atoms with Crippen LogP contribution >= 0.6 is 0 Å². The predicted molar refractivity (Wildman–Crippen MR) is 83.8 cm³/mol. The Labute approximate surface area is 125 Å². The summed E-state index contributed by atoms with van der Waals surface area (Å²) in [5, 5.41) is 4.20. The maximum atomic E-state index is 5.87. The van der Waals surface area contributed by atoms with Gasteiger partial charge in [-0.1, -0.05) is 41.4 Å². The van der Waals surface area contributed by atoms with E-state index < -0.39 is 0 Å². The van der Waals surface area contributed by atoms with E-state index in [9.17, 15) is 0 Å². The Morgan fingerprint density at radius 2 is 2.10 bits per heavy atom. The molecule has 1 fully saturated rings. The van der Waals surface area contributed by atoms with E-state index in [1.807, 2.05) is 6.07 Å². The first-order valence-electron chi connectivity index (χ1n) is 7.73. The van der Waals surface area contributed by atoms with Gasteiger partial charge >= 0.3 is 0 Å². The van der Waals surface area contributed by atoms with Crippen molar-refractivity contribution in [2.45, 2.75) is 38.8 Å². The van der Waals surface area contributed by atoms with E-state index in [1.54, 1.807) is 0 Å². The molecular weight excluding hydrogens is 262 g/mol. The maximum Gasteiger partial charge on any atom is 0.151 e. The van der Waals surface area contributed by atoms with Crippen LogP contribution in [0, 0.1) is 6.92 Å². The molecule has 2 heterocycles. The molecule has 1 atom stereocenters. The zero-order valence-corrected chi connectivity index (χ0v) is 12.6. The van der Waals surface area contributed by atoms with E-state index in [0.29, 0.717) is 6.04 Å². The SMILES string of the molecule is Cc1ccc(-c2cc(CN3CCCCC3CN)on2)cc1. The Morgan fingerprint density at radius 1 is 1.29 bits per heavy atom. The van der Waals surface area contributed by atoms with Gasteiger partial charge in [-0.2, -0.15) is 0 Å². The molecule has 112 valence electrons. The van der Waals surface area contributed by atoms with Crippen LogP contribution in [-0.2, 0) is 6.54 Å². The van der Waals surface area contributed by atoms with Gasteiger partial charge in [-0.3, -0.25) is 4.90 Å². The van der Waals surface area contributed by atoms with Gasteiger partial charge in [0.05, 0.1) is 6.54 Å². The van der Waals surface area contributed by atoms with Crippen LogP contribution in [0.1, 0.15) is 30.6 Å². The topological polar surface area (TPSA) is 55.3 Å². The lowest BCUT2D eigenvalue weighted by atomic mass is 10.0. The van der Waals surface area contributed by atoms with Gasteiger partial charge < -0.3 is 10.3 Å². The summed E-state index contributed by atoms with van der Waals surface area (Å²) < 4.78 is 5.51. The number of hydrogen-bond acceptors (Lipinski definition) is 4. The molecule has 3 rings (SSSR count). The van der Waals surface area contributed by atoms with Crippen molar-refractivity contribution in [3.8, 4) is 11.3 Å². The zero-order valence-electron chi connectivity index (χ0n) is 12.6. The molecule has 2 N–H and O–H groups in total. The van der Waals surface area contributed by atoms with Crippen LogP contribution < -0.4 is 5.73 Å². The summed E-state index contributed by atoms with van der Waals surface area (Å²) in [7, 11) is 0. The highest BCUT2D eigenvalue weighted by Gasteiger charge is 2.22. The Hall–Kier alpha value is -1.65. The first-order valence-corrected chi connectivity index (χ1v) is 7.73. The minimum absolute atomic E-state index is 0.478. The molecule has 0 aliphatic carbocycles. The smallest absolute Gasteiger partial charge is 0.151 e. The van der Waals surface area contributed by atoms with Crippen LogP contribution in [0.5, 0.6) is 0 Å². The molecule has 0 saturated carbocycles. The molecule has 4 nitrogen and oxygen atoms in total. The van der Waals surface area contributed by atoms with Crippen molar-refractivity contribution in [2.75, 3.05) is 13.1 Å². The highest BCUT2D eigenvalue weighted by Crippen LogP contribution is 2.23. The molecule has 1 aromatic heterocycles. The average molecular weight is 285 g/mol. The molecule has 0 radical (unpaired) electrons. The zero-order chi connectivity index (χ0) is 14.7. The van der Waals surface area contributed by atoms with E-state index in [4.69, 9.17) is 10.3 Å². The fourth-order valence-corrected chi connectivity index (χ4v) is 2.98. The van der Waals surface area contributed by atoms with Gasteiger partial charge in [-0.05, 0) is 26.3 Å². The summed E-state index contributed by atoms with van der Waals surface area (Å²) in [6.45, 7) is 4.71. The number of piperidine rings is 1. The number of hydrogen-bond donors (Lipinski definition) is 1. The fourth-order valence-electron chi connectivity index (χ4n) is 2.98. The molecule has 1 unspecified atom stereocenters. The third-order valence-electron chi connectivity index (χ3n) is 4.29. The molecule has 1 aliphatic rings. The maximum absolute atomic E-state index is 5.87. The van der Waals surface area contributed by atoms with Crippen molar-refractivity contribution < 1.29 is 4.52 Å². The quantitative estimate of drug-likeness (QED) is 0.938. The van der Waals surface area contributed by atoms with Crippen molar-refractivity contribution in [3.63, 3.8) is 0 Å². The fraction of sp³-hybridized carbons (Fsp3) is 0.471. The van der Waals surface area contributed by atoms with Gasteiger partial charge in [-0.15, -0.1) is 0 Å². The monoisotopic (exact) mass is 285 g/mol. The van der Waals surface area contributed by atoms with Crippen LogP contribution in [0.4, 0.5) is 0 Å². The van der Waals surface area contributed by atoms with Gasteiger partial charge in [0.15, 0.2) is 5.76 Å². The van der Waals surface area contributed by atoms with Gasteiger partial charge in [0.2, 0.25) is 0 Å². The van der Waals surface area contributed by atoms with Crippen LogP contribution in [-0.4, -0.2) is 29.2 Å². The molecule has 1 saturated heterocycles. The van der Waals surface area contributed by atoms with Gasteiger partial charge in [0.25, 0.3) is 0 Å². The molecule has 0 spiro atoms. The lowest BCUT2D eigenvalue weighted by Crippen LogP contribution is -2.43. The van der Waals surface area contributed by atoms with Crippen LogP contribution in [0.2, 0.25) is 0 Å². The van der Waals surface area contributed by atoms with E-state index >= 15 is 0 Å². The van der Waals surface area contributed by atoms with Crippen molar-refractivity contribution in [1.82, 2.24) is 10.1 Å². The molecule has 0 amide bonds. The lowest BCUT2D eigenvalue weighted by molar-refractivity contribution is 0.130. The van der Waals surface area contributed by atoms with Crippen molar-refractivity contribution in [2.24, 2.45) is 5.73 Å². The number of benzene rings is 1. The second-order valence-corrected chi connectivity index (χ2v) is 5.90. The number of likely N-dealkylation sites (tertiary alicyclic amines) is 1. The summed E-state index contributed by atoms with van der Waals surface area (Å²) in [5.41, 5.74) is 9.13. The Kier molecular flexibility index (Phi) is 4.36. The number of rotatable bonds is 4. The first kappa shape index (κ1) is 14.3.